The van der Waals surface area contributed by atoms with E-state index in [0.29, 0.717) is 35.8 Å². The molecule has 3 saturated carbocycles. The van der Waals surface area contributed by atoms with E-state index in [2.05, 4.69) is 24.5 Å². The summed E-state index contributed by atoms with van der Waals surface area (Å²) in [7, 11) is 2.02. The van der Waals surface area contributed by atoms with Crippen molar-refractivity contribution in [3.8, 4) is 0 Å². The molecule has 1 aromatic carbocycles. The third-order valence-corrected chi connectivity index (χ3v) is 10.2. The molecule has 0 radical (unpaired) electrons. The van der Waals surface area contributed by atoms with Crippen molar-refractivity contribution in [1.29, 1.82) is 0 Å². The van der Waals surface area contributed by atoms with Gasteiger partial charge in [0.05, 0.1) is 5.56 Å². The topological polar surface area (TPSA) is 58.2 Å². The molecule has 0 heterocycles. The van der Waals surface area contributed by atoms with Gasteiger partial charge in [-0.25, -0.2) is 0 Å². The standard InChI is InChI=1S/C28H39F3N2O2/c1-17-6-7-18(28(29,30)31)16-23(17)33-25(35)22-10-9-20-19-8-11-24(32-4)27(3,13-5-15-34)21(19)12-14-26(20,22)2/h6-7,15-16,19-22,24,32H,5,8-14H2,1-4H3,(H,33,35). The summed E-state index contributed by atoms with van der Waals surface area (Å²) in [5.74, 6) is 1.10. The van der Waals surface area contributed by atoms with Gasteiger partial charge in [-0.3, -0.25) is 4.79 Å². The Kier molecular flexibility index (Phi) is 7.13. The summed E-state index contributed by atoms with van der Waals surface area (Å²) in [4.78, 5) is 24.7. The molecule has 1 amide bonds. The lowest BCUT2D eigenvalue weighted by atomic mass is 9.47. The van der Waals surface area contributed by atoms with E-state index < -0.39 is 11.7 Å². The summed E-state index contributed by atoms with van der Waals surface area (Å²) in [5.41, 5.74) is 0.0340. The molecule has 7 heteroatoms. The number of amides is 1. The maximum Gasteiger partial charge on any atom is 0.416 e. The van der Waals surface area contributed by atoms with Crippen LogP contribution < -0.4 is 10.6 Å². The van der Waals surface area contributed by atoms with E-state index in [9.17, 15) is 22.8 Å². The summed E-state index contributed by atoms with van der Waals surface area (Å²) < 4.78 is 39.7. The average molecular weight is 493 g/mol. The Balaban J connectivity index is 1.55. The number of alkyl halides is 3. The van der Waals surface area contributed by atoms with E-state index in [1.807, 2.05) is 7.05 Å². The van der Waals surface area contributed by atoms with Gasteiger partial charge in [0.25, 0.3) is 0 Å². The van der Waals surface area contributed by atoms with Gasteiger partial charge in [0.1, 0.15) is 6.29 Å². The molecule has 4 rings (SSSR count). The van der Waals surface area contributed by atoms with Gasteiger partial charge in [-0.1, -0.05) is 19.9 Å². The van der Waals surface area contributed by atoms with Crippen molar-refractivity contribution >= 4 is 17.9 Å². The quantitative estimate of drug-likeness (QED) is 0.453. The molecule has 7 atom stereocenters. The highest BCUT2D eigenvalue weighted by molar-refractivity contribution is 5.94. The first-order chi connectivity index (χ1) is 16.5. The number of rotatable bonds is 6. The van der Waals surface area contributed by atoms with Crippen molar-refractivity contribution in [2.45, 2.75) is 84.4 Å². The molecule has 3 aliphatic carbocycles. The minimum absolute atomic E-state index is 0.0510. The van der Waals surface area contributed by atoms with E-state index in [1.165, 1.54) is 6.07 Å². The second kappa shape index (κ2) is 9.53. The molecule has 2 N–H and O–H groups in total. The molecule has 3 aliphatic rings. The van der Waals surface area contributed by atoms with Gasteiger partial charge in [-0.2, -0.15) is 13.2 Å². The fourth-order valence-corrected chi connectivity index (χ4v) is 8.24. The highest BCUT2D eigenvalue weighted by atomic mass is 19.4. The lowest BCUT2D eigenvalue weighted by molar-refractivity contribution is -0.137. The van der Waals surface area contributed by atoms with Crippen LogP contribution in [0.2, 0.25) is 0 Å². The lowest BCUT2D eigenvalue weighted by Gasteiger charge is -2.59. The molecule has 1 aromatic rings. The Morgan fingerprint density at radius 1 is 1.11 bits per heavy atom. The number of carbonyl (C=O) groups excluding carboxylic acids is 2. The number of carbonyl (C=O) groups is 2. The predicted octanol–water partition coefficient (Wildman–Crippen LogP) is 6.38. The van der Waals surface area contributed by atoms with Crippen LogP contribution in [0, 0.1) is 41.4 Å². The maximum absolute atomic E-state index is 13.5. The molecular weight excluding hydrogens is 453 g/mol. The Bertz CT molecular complexity index is 964. The van der Waals surface area contributed by atoms with E-state index >= 15 is 0 Å². The highest BCUT2D eigenvalue weighted by Gasteiger charge is 2.60. The molecule has 7 unspecified atom stereocenters. The first kappa shape index (κ1) is 26.2. The summed E-state index contributed by atoms with van der Waals surface area (Å²) in [5, 5.41) is 6.39. The SMILES string of the molecule is CNC1CCC2C(CCC3(C)C(C(=O)Nc4cc(C(F)(F)F)ccc4C)CCC23)C1(C)CCC=O. The van der Waals surface area contributed by atoms with Gasteiger partial charge >= 0.3 is 6.18 Å². The van der Waals surface area contributed by atoms with Gasteiger partial charge in [0, 0.05) is 24.1 Å². The van der Waals surface area contributed by atoms with Crippen LogP contribution in [0.25, 0.3) is 0 Å². The van der Waals surface area contributed by atoms with E-state index in [0.717, 1.165) is 63.4 Å². The summed E-state index contributed by atoms with van der Waals surface area (Å²) >= 11 is 0. The van der Waals surface area contributed by atoms with E-state index in [4.69, 9.17) is 0 Å². The predicted molar refractivity (Wildman–Crippen MR) is 131 cm³/mol. The third kappa shape index (κ3) is 4.54. The van der Waals surface area contributed by atoms with Gasteiger partial charge in [-0.15, -0.1) is 0 Å². The molecule has 35 heavy (non-hydrogen) atoms. The number of aryl methyl sites for hydroxylation is 1. The number of hydrogen-bond donors (Lipinski definition) is 2. The molecule has 0 saturated heterocycles. The van der Waals surface area contributed by atoms with E-state index in [1.54, 1.807) is 6.92 Å². The van der Waals surface area contributed by atoms with Gasteiger partial charge in [0.2, 0.25) is 5.91 Å². The minimum atomic E-state index is -4.45. The minimum Gasteiger partial charge on any atom is -0.326 e. The van der Waals surface area contributed by atoms with Crippen LogP contribution in [-0.4, -0.2) is 25.3 Å². The van der Waals surface area contributed by atoms with Crippen LogP contribution in [0.3, 0.4) is 0 Å². The molecule has 0 aliphatic heterocycles. The number of halogens is 3. The fraction of sp³-hybridized carbons (Fsp3) is 0.714. The zero-order chi connectivity index (χ0) is 25.6. The number of fused-ring (bicyclic) bond motifs is 3. The zero-order valence-corrected chi connectivity index (χ0v) is 21.3. The number of hydrogen-bond acceptors (Lipinski definition) is 3. The molecule has 3 fully saturated rings. The number of nitrogens with one attached hydrogen (secondary N) is 2. The largest absolute Gasteiger partial charge is 0.416 e. The van der Waals surface area contributed by atoms with Crippen molar-refractivity contribution < 1.29 is 22.8 Å². The second-order valence-corrected chi connectivity index (χ2v) is 11.7. The average Bonchev–Trinajstić information content (AvgIpc) is 3.16. The lowest BCUT2D eigenvalue weighted by Crippen LogP contribution is -2.57. The first-order valence-electron chi connectivity index (χ1n) is 13.1. The van der Waals surface area contributed by atoms with Crippen LogP contribution in [0.5, 0.6) is 0 Å². The third-order valence-electron chi connectivity index (χ3n) is 10.2. The zero-order valence-electron chi connectivity index (χ0n) is 21.3. The molecule has 4 nitrogen and oxygen atoms in total. The van der Waals surface area contributed by atoms with Crippen molar-refractivity contribution in [3.63, 3.8) is 0 Å². The molecule has 0 bridgehead atoms. The van der Waals surface area contributed by atoms with Crippen molar-refractivity contribution in [3.05, 3.63) is 29.3 Å². The monoisotopic (exact) mass is 492 g/mol. The summed E-state index contributed by atoms with van der Waals surface area (Å²) in [6.45, 7) is 6.30. The van der Waals surface area contributed by atoms with Crippen LogP contribution in [0.4, 0.5) is 18.9 Å². The molecule has 0 aromatic heterocycles. The molecule has 194 valence electrons. The van der Waals surface area contributed by atoms with Crippen LogP contribution in [0.15, 0.2) is 18.2 Å². The fourth-order valence-electron chi connectivity index (χ4n) is 8.24. The van der Waals surface area contributed by atoms with E-state index in [-0.39, 0.29) is 28.3 Å². The van der Waals surface area contributed by atoms with Gasteiger partial charge in [0.15, 0.2) is 0 Å². The Morgan fingerprint density at radius 3 is 2.51 bits per heavy atom. The van der Waals surface area contributed by atoms with Crippen molar-refractivity contribution in [2.24, 2.45) is 34.5 Å². The van der Waals surface area contributed by atoms with Crippen LogP contribution in [0.1, 0.15) is 76.3 Å². The smallest absolute Gasteiger partial charge is 0.326 e. The first-order valence-corrected chi connectivity index (χ1v) is 13.1. The Morgan fingerprint density at radius 2 is 1.86 bits per heavy atom. The van der Waals surface area contributed by atoms with Gasteiger partial charge < -0.3 is 15.4 Å². The normalized spacial score (nSPS) is 36.8. The Hall–Kier alpha value is -1.89. The number of aldehydes is 1. The molecule has 0 spiro atoms. The second-order valence-electron chi connectivity index (χ2n) is 11.7. The molecular formula is C28H39F3N2O2. The van der Waals surface area contributed by atoms with Crippen molar-refractivity contribution in [2.75, 3.05) is 12.4 Å². The van der Waals surface area contributed by atoms with Crippen molar-refractivity contribution in [1.82, 2.24) is 5.32 Å². The number of anilines is 1. The maximum atomic E-state index is 13.5. The highest BCUT2D eigenvalue weighted by Crippen LogP contribution is 2.65. The Labute approximate surface area is 206 Å². The summed E-state index contributed by atoms with van der Waals surface area (Å²) in [6, 6.07) is 3.92. The van der Waals surface area contributed by atoms with Crippen LogP contribution >= 0.6 is 0 Å². The summed E-state index contributed by atoms with van der Waals surface area (Å²) in [6.07, 6.45) is 3.93. The van der Waals surface area contributed by atoms with Gasteiger partial charge in [-0.05, 0) is 105 Å². The number of benzene rings is 1. The van der Waals surface area contributed by atoms with Crippen LogP contribution in [-0.2, 0) is 15.8 Å².